The number of rotatable bonds is 4. The molecule has 1 fully saturated rings. The number of nitrogens with one attached hydrogen (secondary N) is 1. The van der Waals surface area contributed by atoms with Gasteiger partial charge >= 0.3 is 0 Å². The third-order valence-corrected chi connectivity index (χ3v) is 3.79. The predicted octanol–water partition coefficient (Wildman–Crippen LogP) is 2.72. The van der Waals surface area contributed by atoms with E-state index in [-0.39, 0.29) is 0 Å². The average Bonchev–Trinajstić information content (AvgIpc) is 2.75. The monoisotopic (exact) mass is 221 g/mol. The van der Waals surface area contributed by atoms with Crippen LogP contribution in [-0.4, -0.2) is 15.1 Å². The molecule has 1 aliphatic carbocycles. The highest BCUT2D eigenvalue weighted by molar-refractivity contribution is 4.99. The van der Waals surface area contributed by atoms with E-state index in [1.165, 1.54) is 37.8 Å². The molecule has 3 nitrogen and oxygen atoms in total. The Balaban J connectivity index is 1.91. The quantitative estimate of drug-likeness (QED) is 0.847. The van der Waals surface area contributed by atoms with Gasteiger partial charge in [0.25, 0.3) is 0 Å². The number of imidazole rings is 1. The van der Waals surface area contributed by atoms with Gasteiger partial charge in [-0.1, -0.05) is 19.3 Å². The Bertz CT molecular complexity index is 324. The average molecular weight is 221 g/mol. The molecular formula is C13H23N3. The molecule has 1 N–H and O–H groups in total. The van der Waals surface area contributed by atoms with Crippen LogP contribution in [0.2, 0.25) is 0 Å². The van der Waals surface area contributed by atoms with E-state index in [4.69, 9.17) is 0 Å². The van der Waals surface area contributed by atoms with E-state index in [1.54, 1.807) is 0 Å². The van der Waals surface area contributed by atoms with Gasteiger partial charge in [0.2, 0.25) is 0 Å². The van der Waals surface area contributed by atoms with Gasteiger partial charge in [-0.25, -0.2) is 4.98 Å². The van der Waals surface area contributed by atoms with Crippen molar-refractivity contribution in [3.8, 4) is 0 Å². The molecule has 90 valence electrons. The molecule has 0 aliphatic heterocycles. The Morgan fingerprint density at radius 3 is 2.81 bits per heavy atom. The fourth-order valence-corrected chi connectivity index (χ4v) is 2.59. The van der Waals surface area contributed by atoms with Crippen LogP contribution in [0.3, 0.4) is 0 Å². The highest BCUT2D eigenvalue weighted by Crippen LogP contribution is 2.27. The molecule has 1 heterocycles. The van der Waals surface area contributed by atoms with E-state index >= 15 is 0 Å². The second kappa shape index (κ2) is 5.00. The lowest BCUT2D eigenvalue weighted by Crippen LogP contribution is -2.43. The molecule has 1 aromatic heterocycles. The summed E-state index contributed by atoms with van der Waals surface area (Å²) >= 11 is 0. The summed E-state index contributed by atoms with van der Waals surface area (Å²) in [6.07, 6.45) is 10.7. The van der Waals surface area contributed by atoms with Crippen LogP contribution in [0, 0.1) is 0 Å². The fraction of sp³-hybridized carbons (Fsp3) is 0.769. The van der Waals surface area contributed by atoms with Crippen molar-refractivity contribution in [3.63, 3.8) is 0 Å². The highest BCUT2D eigenvalue weighted by atomic mass is 15.1. The van der Waals surface area contributed by atoms with Crippen LogP contribution >= 0.6 is 0 Å². The van der Waals surface area contributed by atoms with Gasteiger partial charge in [0, 0.05) is 24.8 Å². The van der Waals surface area contributed by atoms with Crippen LogP contribution in [-0.2, 0) is 13.1 Å². The summed E-state index contributed by atoms with van der Waals surface area (Å²) in [5.74, 6) is 0. The molecule has 1 aliphatic rings. The smallest absolute Gasteiger partial charge is 0.0948 e. The first kappa shape index (κ1) is 11.6. The van der Waals surface area contributed by atoms with Gasteiger partial charge in [0.15, 0.2) is 0 Å². The van der Waals surface area contributed by atoms with Crippen LogP contribution in [0.5, 0.6) is 0 Å². The first-order valence-corrected chi connectivity index (χ1v) is 6.47. The van der Waals surface area contributed by atoms with Crippen molar-refractivity contribution in [2.75, 3.05) is 0 Å². The molecule has 0 aromatic carbocycles. The van der Waals surface area contributed by atoms with Crippen LogP contribution in [0.4, 0.5) is 0 Å². The number of nitrogens with zero attached hydrogens (tertiary/aromatic N) is 2. The minimum absolute atomic E-state index is 0.348. The van der Waals surface area contributed by atoms with Crippen LogP contribution in [0.15, 0.2) is 12.5 Å². The maximum absolute atomic E-state index is 4.20. The topological polar surface area (TPSA) is 29.9 Å². The molecular weight excluding hydrogens is 198 g/mol. The summed E-state index contributed by atoms with van der Waals surface area (Å²) in [5.41, 5.74) is 1.65. The summed E-state index contributed by atoms with van der Waals surface area (Å²) < 4.78 is 2.21. The minimum atomic E-state index is 0.348. The lowest BCUT2D eigenvalue weighted by molar-refractivity contribution is 0.250. The molecule has 0 amide bonds. The number of aryl methyl sites for hydroxylation is 1. The molecule has 16 heavy (non-hydrogen) atoms. The maximum atomic E-state index is 4.20. The van der Waals surface area contributed by atoms with Crippen molar-refractivity contribution in [1.29, 1.82) is 0 Å². The van der Waals surface area contributed by atoms with Crippen molar-refractivity contribution in [3.05, 3.63) is 18.2 Å². The van der Waals surface area contributed by atoms with Crippen LogP contribution < -0.4 is 5.32 Å². The van der Waals surface area contributed by atoms with E-state index in [2.05, 4.69) is 28.7 Å². The molecule has 3 heteroatoms. The summed E-state index contributed by atoms with van der Waals surface area (Å²) in [6.45, 7) is 6.48. The van der Waals surface area contributed by atoms with Crippen molar-refractivity contribution in [1.82, 2.24) is 14.9 Å². The summed E-state index contributed by atoms with van der Waals surface area (Å²) in [6, 6.07) is 0. The Labute approximate surface area is 98.3 Å². The van der Waals surface area contributed by atoms with Gasteiger partial charge in [-0.2, -0.15) is 0 Å². The Hall–Kier alpha value is -0.830. The van der Waals surface area contributed by atoms with Gasteiger partial charge in [0.1, 0.15) is 0 Å². The van der Waals surface area contributed by atoms with Gasteiger partial charge in [-0.05, 0) is 26.7 Å². The van der Waals surface area contributed by atoms with Gasteiger partial charge < -0.3 is 9.88 Å². The van der Waals surface area contributed by atoms with E-state index in [0.29, 0.717) is 5.54 Å². The van der Waals surface area contributed by atoms with Crippen LogP contribution in [0.25, 0.3) is 0 Å². The summed E-state index contributed by atoms with van der Waals surface area (Å²) in [5, 5.41) is 3.71. The molecule has 2 rings (SSSR count). The lowest BCUT2D eigenvalue weighted by atomic mass is 9.83. The zero-order valence-corrected chi connectivity index (χ0v) is 10.5. The predicted molar refractivity (Wildman–Crippen MR) is 66.2 cm³/mol. The standard InChI is InChI=1S/C13H23N3/c1-3-16-11-14-9-12(16)10-15-13(2)7-5-4-6-8-13/h9,11,15H,3-8,10H2,1-2H3. The fourth-order valence-electron chi connectivity index (χ4n) is 2.59. The molecule has 1 saturated carbocycles. The molecule has 0 atom stereocenters. The number of hydrogen-bond acceptors (Lipinski definition) is 2. The van der Waals surface area contributed by atoms with E-state index in [0.717, 1.165) is 13.1 Å². The first-order valence-electron chi connectivity index (χ1n) is 6.47. The normalized spacial score (nSPS) is 19.9. The molecule has 0 spiro atoms. The van der Waals surface area contributed by atoms with E-state index in [1.807, 2.05) is 12.5 Å². The lowest BCUT2D eigenvalue weighted by Gasteiger charge is -2.34. The largest absolute Gasteiger partial charge is 0.334 e. The molecule has 0 unspecified atom stereocenters. The second-order valence-corrected chi connectivity index (χ2v) is 5.15. The molecule has 0 radical (unpaired) electrons. The SMILES string of the molecule is CCn1cncc1CNC1(C)CCCCC1. The molecule has 1 aromatic rings. The zero-order valence-electron chi connectivity index (χ0n) is 10.5. The number of hydrogen-bond donors (Lipinski definition) is 1. The van der Waals surface area contributed by atoms with E-state index in [9.17, 15) is 0 Å². The van der Waals surface area contributed by atoms with Gasteiger partial charge in [-0.3, -0.25) is 0 Å². The number of aromatic nitrogens is 2. The third-order valence-electron chi connectivity index (χ3n) is 3.79. The van der Waals surface area contributed by atoms with Crippen LogP contribution in [0.1, 0.15) is 51.6 Å². The third kappa shape index (κ3) is 2.64. The van der Waals surface area contributed by atoms with Crippen molar-refractivity contribution in [2.24, 2.45) is 0 Å². The minimum Gasteiger partial charge on any atom is -0.334 e. The van der Waals surface area contributed by atoms with Crippen molar-refractivity contribution < 1.29 is 0 Å². The maximum Gasteiger partial charge on any atom is 0.0948 e. The molecule has 0 saturated heterocycles. The van der Waals surface area contributed by atoms with Gasteiger partial charge in [0.05, 0.1) is 12.0 Å². The second-order valence-electron chi connectivity index (χ2n) is 5.15. The Kier molecular flexibility index (Phi) is 3.64. The van der Waals surface area contributed by atoms with Gasteiger partial charge in [-0.15, -0.1) is 0 Å². The highest BCUT2D eigenvalue weighted by Gasteiger charge is 2.25. The first-order chi connectivity index (χ1) is 7.73. The summed E-state index contributed by atoms with van der Waals surface area (Å²) in [4.78, 5) is 4.20. The zero-order chi connectivity index (χ0) is 11.4. The van der Waals surface area contributed by atoms with E-state index < -0.39 is 0 Å². The van der Waals surface area contributed by atoms with Crippen molar-refractivity contribution >= 4 is 0 Å². The summed E-state index contributed by atoms with van der Waals surface area (Å²) in [7, 11) is 0. The Morgan fingerprint density at radius 2 is 2.12 bits per heavy atom. The molecule has 0 bridgehead atoms. The van der Waals surface area contributed by atoms with Crippen molar-refractivity contribution in [2.45, 2.75) is 64.6 Å². The Morgan fingerprint density at radius 1 is 1.38 bits per heavy atom.